The molecule has 0 aliphatic carbocycles. The highest BCUT2D eigenvalue weighted by Gasteiger charge is 2.09. The van der Waals surface area contributed by atoms with Crippen molar-refractivity contribution in [1.29, 1.82) is 0 Å². The van der Waals surface area contributed by atoms with Crippen molar-refractivity contribution in [3.05, 3.63) is 63.9 Å². The number of aromatic nitrogens is 1. The molecule has 0 radical (unpaired) electrons. The molecule has 0 aliphatic heterocycles. The molecular formula is C17H15N3O. The summed E-state index contributed by atoms with van der Waals surface area (Å²) in [6.45, 7) is 7.80. The lowest BCUT2D eigenvalue weighted by molar-refractivity contribution is 0.838. The molecule has 0 bridgehead atoms. The number of nitrogens with two attached hydrogens (primary N) is 1. The summed E-state index contributed by atoms with van der Waals surface area (Å²) < 4.78 is 0. The molecule has 0 saturated heterocycles. The maximum Gasteiger partial charge on any atom is 0.256 e. The number of benzene rings is 2. The fourth-order valence-electron chi connectivity index (χ4n) is 2.75. The van der Waals surface area contributed by atoms with Crippen LogP contribution in [0.4, 0.5) is 5.69 Å². The molecule has 0 fully saturated rings. The third-order valence-corrected chi connectivity index (χ3v) is 3.72. The van der Waals surface area contributed by atoms with Gasteiger partial charge < -0.3 is 10.7 Å². The number of H-pyrrole nitrogens is 1. The van der Waals surface area contributed by atoms with Crippen molar-refractivity contribution in [2.24, 2.45) is 5.73 Å². The summed E-state index contributed by atoms with van der Waals surface area (Å²) in [4.78, 5) is 18.3. The van der Waals surface area contributed by atoms with Crippen LogP contribution in [0.25, 0.3) is 26.4 Å². The van der Waals surface area contributed by atoms with Crippen LogP contribution in [0.1, 0.15) is 12.0 Å². The summed E-state index contributed by atoms with van der Waals surface area (Å²) in [7, 11) is 0. The van der Waals surface area contributed by atoms with E-state index in [1.54, 1.807) is 18.3 Å². The zero-order chi connectivity index (χ0) is 14.8. The first-order chi connectivity index (χ1) is 10.2. The number of aryl methyl sites for hydroxylation is 1. The Morgan fingerprint density at radius 1 is 1.19 bits per heavy atom. The normalized spacial score (nSPS) is 10.9. The van der Waals surface area contributed by atoms with Crippen LogP contribution in [0.15, 0.2) is 41.3 Å². The van der Waals surface area contributed by atoms with Gasteiger partial charge in [-0.25, -0.2) is 4.85 Å². The quantitative estimate of drug-likeness (QED) is 0.570. The molecule has 2 aromatic carbocycles. The largest absolute Gasteiger partial charge is 0.330 e. The Balaban J connectivity index is 2.43. The minimum atomic E-state index is -0.120. The van der Waals surface area contributed by atoms with Crippen molar-refractivity contribution >= 4 is 27.2 Å². The fourth-order valence-corrected chi connectivity index (χ4v) is 2.75. The van der Waals surface area contributed by atoms with E-state index in [1.165, 1.54) is 5.56 Å². The van der Waals surface area contributed by atoms with Crippen LogP contribution in [-0.4, -0.2) is 11.5 Å². The Hall–Kier alpha value is -2.64. The highest BCUT2D eigenvalue weighted by Crippen LogP contribution is 2.30. The summed E-state index contributed by atoms with van der Waals surface area (Å²) >= 11 is 0. The van der Waals surface area contributed by atoms with Crippen LogP contribution in [0.5, 0.6) is 0 Å². The van der Waals surface area contributed by atoms with E-state index in [1.807, 2.05) is 12.1 Å². The van der Waals surface area contributed by atoms with Crippen molar-refractivity contribution in [2.45, 2.75) is 12.8 Å². The first kappa shape index (κ1) is 13.3. The molecule has 21 heavy (non-hydrogen) atoms. The molecular weight excluding hydrogens is 262 g/mol. The van der Waals surface area contributed by atoms with E-state index in [4.69, 9.17) is 12.3 Å². The lowest BCUT2D eigenvalue weighted by Crippen LogP contribution is -2.06. The molecule has 1 aromatic heterocycles. The van der Waals surface area contributed by atoms with E-state index in [-0.39, 0.29) is 5.56 Å². The van der Waals surface area contributed by atoms with E-state index in [9.17, 15) is 4.79 Å². The van der Waals surface area contributed by atoms with Gasteiger partial charge in [0.05, 0.1) is 12.0 Å². The number of fused-ring (bicyclic) bond motifs is 3. The van der Waals surface area contributed by atoms with Crippen LogP contribution >= 0.6 is 0 Å². The van der Waals surface area contributed by atoms with Gasteiger partial charge in [0.15, 0.2) is 5.69 Å². The minimum Gasteiger partial charge on any atom is -0.330 e. The highest BCUT2D eigenvalue weighted by molar-refractivity contribution is 6.09. The van der Waals surface area contributed by atoms with E-state index in [0.717, 1.165) is 29.0 Å². The number of hydrogen-bond donors (Lipinski definition) is 2. The molecule has 4 nitrogen and oxygen atoms in total. The molecule has 3 rings (SSSR count). The molecule has 0 aliphatic rings. The highest BCUT2D eigenvalue weighted by atomic mass is 16.1. The van der Waals surface area contributed by atoms with Gasteiger partial charge in [0.1, 0.15) is 0 Å². The van der Waals surface area contributed by atoms with Gasteiger partial charge in [0, 0.05) is 6.20 Å². The number of nitrogens with one attached hydrogen (secondary N) is 1. The monoisotopic (exact) mass is 277 g/mol. The molecule has 0 amide bonds. The molecule has 0 atom stereocenters. The number of rotatable bonds is 3. The molecule has 1 heterocycles. The zero-order valence-corrected chi connectivity index (χ0v) is 11.5. The number of nitrogens with zero attached hydrogens (tertiary/aromatic N) is 1. The number of pyridine rings is 1. The van der Waals surface area contributed by atoms with Crippen LogP contribution < -0.4 is 11.3 Å². The van der Waals surface area contributed by atoms with E-state index in [2.05, 4.69) is 15.9 Å². The standard InChI is InChI=1S/C17H15N3O/c1-19-13-4-5-14-11(3-2-7-18)9-12-6-8-20-17(21)16(12)15(14)10-13/h4-6,8-10H,2-3,7,18H2,(H,20,21). The van der Waals surface area contributed by atoms with Gasteiger partial charge in [0.25, 0.3) is 5.56 Å². The van der Waals surface area contributed by atoms with Gasteiger partial charge in [-0.15, -0.1) is 0 Å². The molecule has 104 valence electrons. The Kier molecular flexibility index (Phi) is 3.43. The molecule has 3 aromatic rings. The Morgan fingerprint density at radius 2 is 2.05 bits per heavy atom. The van der Waals surface area contributed by atoms with Crippen molar-refractivity contribution in [2.75, 3.05) is 6.54 Å². The van der Waals surface area contributed by atoms with Crippen molar-refractivity contribution in [1.82, 2.24) is 4.98 Å². The average Bonchev–Trinajstić information content (AvgIpc) is 2.52. The van der Waals surface area contributed by atoms with E-state index >= 15 is 0 Å². The van der Waals surface area contributed by atoms with E-state index < -0.39 is 0 Å². The van der Waals surface area contributed by atoms with Crippen LogP contribution in [-0.2, 0) is 6.42 Å². The van der Waals surface area contributed by atoms with Crippen LogP contribution in [0.2, 0.25) is 0 Å². The topological polar surface area (TPSA) is 63.2 Å². The van der Waals surface area contributed by atoms with Crippen molar-refractivity contribution < 1.29 is 0 Å². The second-order valence-corrected chi connectivity index (χ2v) is 5.04. The lowest BCUT2D eigenvalue weighted by Gasteiger charge is -2.10. The Labute approximate surface area is 122 Å². The SMILES string of the molecule is [C-]#[N+]c1ccc2c(CCCN)cc3cc[nH]c(=O)c3c2c1. The molecule has 0 unspecified atom stereocenters. The molecule has 4 heteroatoms. The lowest BCUT2D eigenvalue weighted by atomic mass is 9.95. The Bertz CT molecular complexity index is 919. The smallest absolute Gasteiger partial charge is 0.256 e. The minimum absolute atomic E-state index is 0.120. The van der Waals surface area contributed by atoms with Crippen LogP contribution in [0, 0.1) is 6.57 Å². The number of aromatic amines is 1. The summed E-state index contributed by atoms with van der Waals surface area (Å²) in [5.41, 5.74) is 7.20. The third kappa shape index (κ3) is 2.28. The first-order valence-corrected chi connectivity index (χ1v) is 6.89. The maximum atomic E-state index is 12.2. The van der Waals surface area contributed by atoms with Crippen LogP contribution in [0.3, 0.4) is 0 Å². The second kappa shape index (κ2) is 5.39. The predicted molar refractivity (Wildman–Crippen MR) is 85.7 cm³/mol. The zero-order valence-electron chi connectivity index (χ0n) is 11.5. The summed E-state index contributed by atoms with van der Waals surface area (Å²) in [6.07, 6.45) is 3.42. The maximum absolute atomic E-state index is 12.2. The van der Waals surface area contributed by atoms with Gasteiger partial charge >= 0.3 is 0 Å². The average molecular weight is 277 g/mol. The predicted octanol–water partition coefficient (Wildman–Crippen LogP) is 3.12. The van der Waals surface area contributed by atoms with Gasteiger partial charge in [0.2, 0.25) is 0 Å². The van der Waals surface area contributed by atoms with Gasteiger partial charge in [-0.3, -0.25) is 4.79 Å². The second-order valence-electron chi connectivity index (χ2n) is 5.04. The Morgan fingerprint density at radius 3 is 2.81 bits per heavy atom. The summed E-state index contributed by atoms with van der Waals surface area (Å²) in [5, 5.41) is 3.42. The number of hydrogen-bond acceptors (Lipinski definition) is 2. The van der Waals surface area contributed by atoms with Gasteiger partial charge in [-0.2, -0.15) is 0 Å². The van der Waals surface area contributed by atoms with E-state index in [0.29, 0.717) is 17.6 Å². The fraction of sp³-hybridized carbons (Fsp3) is 0.176. The molecule has 3 N–H and O–H groups in total. The van der Waals surface area contributed by atoms with Gasteiger partial charge in [-0.05, 0) is 53.2 Å². The molecule has 0 spiro atoms. The molecule has 0 saturated carbocycles. The summed E-state index contributed by atoms with van der Waals surface area (Å²) in [5.74, 6) is 0. The van der Waals surface area contributed by atoms with Crippen molar-refractivity contribution in [3.8, 4) is 0 Å². The van der Waals surface area contributed by atoms with Crippen molar-refractivity contribution in [3.63, 3.8) is 0 Å². The van der Waals surface area contributed by atoms with Gasteiger partial charge in [-0.1, -0.05) is 18.2 Å². The third-order valence-electron chi connectivity index (χ3n) is 3.72. The first-order valence-electron chi connectivity index (χ1n) is 6.89. The summed E-state index contributed by atoms with van der Waals surface area (Å²) in [6, 6.07) is 9.48.